The monoisotopic (exact) mass is 414 g/mol. The molecule has 0 aliphatic carbocycles. The molecule has 0 saturated heterocycles. The molecule has 1 atom stereocenters. The Bertz CT molecular complexity index is 1040. The zero-order chi connectivity index (χ0) is 22.0. The maximum atomic E-state index is 13.5. The number of fused-ring (bicyclic) bond motifs is 1. The minimum atomic E-state index is -0.300. The Labute approximate surface area is 184 Å². The minimum Gasteiger partial charge on any atom is -0.493 e. The zero-order valence-electron chi connectivity index (χ0n) is 18.6. The van der Waals surface area contributed by atoms with Gasteiger partial charge in [-0.05, 0) is 59.4 Å². The molecule has 0 aromatic heterocycles. The largest absolute Gasteiger partial charge is 0.493 e. The van der Waals surface area contributed by atoms with Gasteiger partial charge in [-0.3, -0.25) is 9.69 Å². The van der Waals surface area contributed by atoms with Crippen molar-refractivity contribution < 1.29 is 9.53 Å². The van der Waals surface area contributed by atoms with Crippen molar-refractivity contribution >= 4 is 17.3 Å². The molecule has 4 heteroatoms. The second-order valence-electron chi connectivity index (χ2n) is 8.79. The van der Waals surface area contributed by atoms with Gasteiger partial charge >= 0.3 is 0 Å². The number of carbonyl (C=O) groups excluding carboxylic acids is 1. The first-order valence-corrected chi connectivity index (χ1v) is 11.0. The number of anilines is 2. The van der Waals surface area contributed by atoms with E-state index in [1.807, 2.05) is 65.6 Å². The number of nitrogens with zero attached hydrogens (tertiary/aromatic N) is 1. The molecule has 0 bridgehead atoms. The standard InChI is InChI=1S/C27H30N2O2/c1-18(2)17-31-23-15-11-21(12-16-23)26-28-25-8-6-5-7-24(25)27(30)29(26)22-13-9-20(10-14-22)19(3)4/h5-16,18-19,26,28H,17H2,1-4H3/t26-/m0/s1. The number of amides is 1. The third-order valence-corrected chi connectivity index (χ3v) is 5.54. The molecule has 0 saturated carbocycles. The van der Waals surface area contributed by atoms with Crippen LogP contribution in [0.4, 0.5) is 11.4 Å². The Hall–Kier alpha value is -3.27. The van der Waals surface area contributed by atoms with Gasteiger partial charge in [-0.25, -0.2) is 0 Å². The molecule has 0 spiro atoms. The van der Waals surface area contributed by atoms with Crippen molar-refractivity contribution in [3.05, 3.63) is 89.5 Å². The summed E-state index contributed by atoms with van der Waals surface area (Å²) in [7, 11) is 0. The molecule has 1 amide bonds. The van der Waals surface area contributed by atoms with Crippen LogP contribution in [0.25, 0.3) is 0 Å². The highest BCUT2D eigenvalue weighted by molar-refractivity contribution is 6.12. The Morgan fingerprint density at radius 2 is 1.58 bits per heavy atom. The topological polar surface area (TPSA) is 41.6 Å². The SMILES string of the molecule is CC(C)COc1ccc([C@H]2Nc3ccccc3C(=O)N2c2ccc(C(C)C)cc2)cc1. The van der Waals surface area contributed by atoms with Gasteiger partial charge in [0.1, 0.15) is 11.9 Å². The van der Waals surface area contributed by atoms with Gasteiger partial charge in [0, 0.05) is 11.4 Å². The second kappa shape index (κ2) is 8.84. The van der Waals surface area contributed by atoms with Crippen LogP contribution in [-0.4, -0.2) is 12.5 Å². The molecule has 4 rings (SSSR count). The highest BCUT2D eigenvalue weighted by Gasteiger charge is 2.34. The summed E-state index contributed by atoms with van der Waals surface area (Å²) in [5, 5.41) is 3.56. The lowest BCUT2D eigenvalue weighted by Gasteiger charge is -2.38. The number of carbonyl (C=O) groups is 1. The van der Waals surface area contributed by atoms with E-state index in [9.17, 15) is 4.79 Å². The fraction of sp³-hybridized carbons (Fsp3) is 0.296. The fourth-order valence-electron chi connectivity index (χ4n) is 3.78. The first kappa shape index (κ1) is 21.0. The van der Waals surface area contributed by atoms with Gasteiger partial charge in [0.15, 0.2) is 0 Å². The van der Waals surface area contributed by atoms with Gasteiger partial charge in [-0.2, -0.15) is 0 Å². The molecule has 0 unspecified atom stereocenters. The van der Waals surface area contributed by atoms with E-state index in [0.717, 1.165) is 22.7 Å². The summed E-state index contributed by atoms with van der Waals surface area (Å²) < 4.78 is 5.83. The third-order valence-electron chi connectivity index (χ3n) is 5.54. The maximum absolute atomic E-state index is 13.5. The summed E-state index contributed by atoms with van der Waals surface area (Å²) in [5.41, 5.74) is 4.68. The summed E-state index contributed by atoms with van der Waals surface area (Å²) in [4.78, 5) is 15.4. The number of hydrogen-bond donors (Lipinski definition) is 1. The molecule has 0 radical (unpaired) electrons. The summed E-state index contributed by atoms with van der Waals surface area (Å²) >= 11 is 0. The van der Waals surface area contributed by atoms with E-state index in [1.165, 1.54) is 5.56 Å². The molecular weight excluding hydrogens is 384 g/mol. The Morgan fingerprint density at radius 1 is 0.903 bits per heavy atom. The van der Waals surface area contributed by atoms with Gasteiger partial charge in [-0.1, -0.05) is 64.1 Å². The predicted octanol–water partition coefficient (Wildman–Crippen LogP) is 6.62. The van der Waals surface area contributed by atoms with Crippen molar-refractivity contribution in [2.45, 2.75) is 39.8 Å². The van der Waals surface area contributed by atoms with Crippen LogP contribution in [0, 0.1) is 5.92 Å². The van der Waals surface area contributed by atoms with Gasteiger partial charge in [-0.15, -0.1) is 0 Å². The average Bonchev–Trinajstić information content (AvgIpc) is 2.78. The van der Waals surface area contributed by atoms with E-state index >= 15 is 0 Å². The summed E-state index contributed by atoms with van der Waals surface area (Å²) in [5.74, 6) is 1.75. The van der Waals surface area contributed by atoms with Crippen LogP contribution in [0.2, 0.25) is 0 Å². The van der Waals surface area contributed by atoms with Crippen LogP contribution in [0.15, 0.2) is 72.8 Å². The first-order valence-electron chi connectivity index (χ1n) is 11.0. The lowest BCUT2D eigenvalue weighted by Crippen LogP contribution is -2.43. The van der Waals surface area contributed by atoms with E-state index in [0.29, 0.717) is 24.0 Å². The normalized spacial score (nSPS) is 15.7. The van der Waals surface area contributed by atoms with Crippen molar-refractivity contribution in [1.82, 2.24) is 0 Å². The van der Waals surface area contributed by atoms with Gasteiger partial charge in [0.05, 0.1) is 12.2 Å². The molecule has 160 valence electrons. The molecule has 3 aromatic rings. The van der Waals surface area contributed by atoms with Crippen molar-refractivity contribution in [2.24, 2.45) is 5.92 Å². The Balaban J connectivity index is 1.70. The molecule has 1 aliphatic heterocycles. The highest BCUT2D eigenvalue weighted by Crippen LogP contribution is 2.37. The summed E-state index contributed by atoms with van der Waals surface area (Å²) in [6.07, 6.45) is -0.300. The van der Waals surface area contributed by atoms with Crippen molar-refractivity contribution in [3.8, 4) is 5.75 Å². The van der Waals surface area contributed by atoms with Gasteiger partial charge < -0.3 is 10.1 Å². The second-order valence-corrected chi connectivity index (χ2v) is 8.79. The predicted molar refractivity (Wildman–Crippen MR) is 127 cm³/mol. The highest BCUT2D eigenvalue weighted by atomic mass is 16.5. The zero-order valence-corrected chi connectivity index (χ0v) is 18.6. The molecule has 4 nitrogen and oxygen atoms in total. The Kier molecular flexibility index (Phi) is 5.99. The average molecular weight is 415 g/mol. The first-order chi connectivity index (χ1) is 14.9. The van der Waals surface area contributed by atoms with Crippen LogP contribution in [-0.2, 0) is 0 Å². The third kappa shape index (κ3) is 4.43. The Morgan fingerprint density at radius 3 is 2.23 bits per heavy atom. The number of rotatable bonds is 6. The summed E-state index contributed by atoms with van der Waals surface area (Å²) in [6, 6.07) is 24.0. The molecule has 1 N–H and O–H groups in total. The van der Waals surface area contributed by atoms with E-state index < -0.39 is 0 Å². The molecule has 31 heavy (non-hydrogen) atoms. The van der Waals surface area contributed by atoms with Crippen LogP contribution in [0.5, 0.6) is 5.75 Å². The number of nitrogens with one attached hydrogen (secondary N) is 1. The lowest BCUT2D eigenvalue weighted by atomic mass is 10.00. The van der Waals surface area contributed by atoms with E-state index in [4.69, 9.17) is 4.74 Å². The van der Waals surface area contributed by atoms with Gasteiger partial charge in [0.2, 0.25) is 0 Å². The van der Waals surface area contributed by atoms with Crippen LogP contribution >= 0.6 is 0 Å². The maximum Gasteiger partial charge on any atom is 0.262 e. The number of ether oxygens (including phenoxy) is 1. The van der Waals surface area contributed by atoms with Crippen LogP contribution < -0.4 is 15.0 Å². The lowest BCUT2D eigenvalue weighted by molar-refractivity contribution is 0.0975. The van der Waals surface area contributed by atoms with Crippen molar-refractivity contribution in [1.29, 1.82) is 0 Å². The minimum absolute atomic E-state index is 0.00298. The summed E-state index contributed by atoms with van der Waals surface area (Å²) in [6.45, 7) is 9.29. The number of para-hydroxylation sites is 1. The quantitative estimate of drug-likeness (QED) is 0.493. The number of hydrogen-bond acceptors (Lipinski definition) is 3. The molecule has 3 aromatic carbocycles. The molecular formula is C27H30N2O2. The van der Waals surface area contributed by atoms with Crippen molar-refractivity contribution in [2.75, 3.05) is 16.8 Å². The number of benzene rings is 3. The molecule has 0 fully saturated rings. The van der Waals surface area contributed by atoms with Gasteiger partial charge in [0.25, 0.3) is 5.91 Å². The molecule has 1 heterocycles. The van der Waals surface area contributed by atoms with E-state index in [1.54, 1.807) is 0 Å². The smallest absolute Gasteiger partial charge is 0.262 e. The van der Waals surface area contributed by atoms with Crippen molar-refractivity contribution in [3.63, 3.8) is 0 Å². The van der Waals surface area contributed by atoms with E-state index in [2.05, 4.69) is 45.1 Å². The molecule has 1 aliphatic rings. The fourth-order valence-corrected chi connectivity index (χ4v) is 3.78. The van der Waals surface area contributed by atoms with Crippen LogP contribution in [0.1, 0.15) is 61.3 Å². The van der Waals surface area contributed by atoms with E-state index in [-0.39, 0.29) is 12.1 Å². The van der Waals surface area contributed by atoms with Crippen LogP contribution in [0.3, 0.4) is 0 Å².